The van der Waals surface area contributed by atoms with Crippen LogP contribution in [0.15, 0.2) is 12.1 Å². The summed E-state index contributed by atoms with van der Waals surface area (Å²) in [5, 5.41) is 0. The Hall–Kier alpha value is -1.58. The van der Waals surface area contributed by atoms with Gasteiger partial charge in [0.1, 0.15) is 26.4 Å². The zero-order valence-corrected chi connectivity index (χ0v) is 7.62. The summed E-state index contributed by atoms with van der Waals surface area (Å²) in [6.07, 6.45) is 0. The van der Waals surface area contributed by atoms with E-state index in [4.69, 9.17) is 18.9 Å². The second kappa shape index (κ2) is 2.97. The van der Waals surface area contributed by atoms with Crippen LogP contribution in [-0.2, 0) is 0 Å². The zero-order valence-electron chi connectivity index (χ0n) is 7.62. The topological polar surface area (TPSA) is 36.9 Å². The zero-order chi connectivity index (χ0) is 9.38. The summed E-state index contributed by atoms with van der Waals surface area (Å²) < 4.78 is 21.9. The van der Waals surface area contributed by atoms with E-state index in [1.807, 2.05) is 12.1 Å². The molecule has 0 aromatic heterocycles. The Morgan fingerprint density at radius 2 is 1.07 bits per heavy atom. The van der Waals surface area contributed by atoms with Gasteiger partial charge in [-0.2, -0.15) is 0 Å². The molecule has 0 saturated carbocycles. The monoisotopic (exact) mass is 194 g/mol. The highest BCUT2D eigenvalue weighted by atomic mass is 16.6. The van der Waals surface area contributed by atoms with E-state index in [0.717, 1.165) is 11.5 Å². The van der Waals surface area contributed by atoms with Crippen molar-refractivity contribution in [1.29, 1.82) is 0 Å². The van der Waals surface area contributed by atoms with Gasteiger partial charge in [-0.15, -0.1) is 0 Å². The molecule has 0 atom stereocenters. The normalized spacial score (nSPS) is 17.7. The van der Waals surface area contributed by atoms with Crippen LogP contribution in [0.4, 0.5) is 0 Å². The van der Waals surface area contributed by atoms with Crippen molar-refractivity contribution in [3.8, 4) is 23.0 Å². The van der Waals surface area contributed by atoms with Crippen LogP contribution in [0.1, 0.15) is 0 Å². The number of rotatable bonds is 0. The molecule has 4 heteroatoms. The molecule has 0 unspecified atom stereocenters. The fourth-order valence-corrected chi connectivity index (χ4v) is 1.62. The Bertz CT molecular complexity index is 326. The Morgan fingerprint density at radius 3 is 1.57 bits per heavy atom. The van der Waals surface area contributed by atoms with Gasteiger partial charge in [-0.3, -0.25) is 0 Å². The molecule has 0 fully saturated rings. The molecule has 2 aliphatic rings. The van der Waals surface area contributed by atoms with E-state index >= 15 is 0 Å². The Kier molecular flexibility index (Phi) is 1.65. The summed E-state index contributed by atoms with van der Waals surface area (Å²) >= 11 is 0. The number of ether oxygens (including phenoxy) is 4. The second-order valence-electron chi connectivity index (χ2n) is 3.11. The lowest BCUT2D eigenvalue weighted by Crippen LogP contribution is -2.20. The number of hydrogen-bond donors (Lipinski definition) is 0. The summed E-state index contributed by atoms with van der Waals surface area (Å²) in [6, 6.07) is 3.70. The molecular weight excluding hydrogens is 184 g/mol. The van der Waals surface area contributed by atoms with Gasteiger partial charge in [-0.1, -0.05) is 0 Å². The highest BCUT2D eigenvalue weighted by Crippen LogP contribution is 2.46. The number of benzene rings is 1. The maximum atomic E-state index is 5.49. The Labute approximate surface area is 81.3 Å². The lowest BCUT2D eigenvalue weighted by molar-refractivity contribution is 0.133. The average molecular weight is 194 g/mol. The minimum Gasteiger partial charge on any atom is -0.486 e. The van der Waals surface area contributed by atoms with Gasteiger partial charge in [-0.25, -0.2) is 0 Å². The van der Waals surface area contributed by atoms with Crippen molar-refractivity contribution in [2.75, 3.05) is 26.4 Å². The average Bonchev–Trinajstić information content (AvgIpc) is 2.18. The number of hydrogen-bond acceptors (Lipinski definition) is 4. The van der Waals surface area contributed by atoms with E-state index in [1.165, 1.54) is 0 Å². The molecule has 1 aromatic carbocycles. The van der Waals surface area contributed by atoms with Crippen LogP contribution in [0.2, 0.25) is 0 Å². The van der Waals surface area contributed by atoms with E-state index in [0.29, 0.717) is 37.9 Å². The molecule has 14 heavy (non-hydrogen) atoms. The minimum atomic E-state index is 0.545. The molecule has 0 amide bonds. The van der Waals surface area contributed by atoms with Crippen LogP contribution in [0.25, 0.3) is 0 Å². The van der Waals surface area contributed by atoms with Crippen LogP contribution in [0, 0.1) is 0 Å². The molecule has 0 aliphatic carbocycles. The lowest BCUT2D eigenvalue weighted by Gasteiger charge is -2.25. The molecule has 0 saturated heterocycles. The molecule has 74 valence electrons. The van der Waals surface area contributed by atoms with E-state index in [-0.39, 0.29) is 0 Å². The van der Waals surface area contributed by atoms with Crippen molar-refractivity contribution in [3.05, 3.63) is 12.1 Å². The smallest absolute Gasteiger partial charge is 0.207 e. The van der Waals surface area contributed by atoms with Crippen LogP contribution < -0.4 is 18.9 Å². The van der Waals surface area contributed by atoms with Gasteiger partial charge in [0.15, 0.2) is 11.5 Å². The van der Waals surface area contributed by atoms with Gasteiger partial charge in [-0.05, 0) is 12.1 Å². The van der Waals surface area contributed by atoms with Gasteiger partial charge < -0.3 is 18.9 Å². The lowest BCUT2D eigenvalue weighted by atomic mass is 10.2. The van der Waals surface area contributed by atoms with Gasteiger partial charge in [0.05, 0.1) is 0 Å². The van der Waals surface area contributed by atoms with E-state index in [2.05, 4.69) is 0 Å². The summed E-state index contributed by atoms with van der Waals surface area (Å²) in [4.78, 5) is 0. The predicted molar refractivity (Wildman–Crippen MR) is 48.4 cm³/mol. The molecule has 2 heterocycles. The maximum Gasteiger partial charge on any atom is 0.207 e. The molecule has 0 radical (unpaired) electrons. The quantitative estimate of drug-likeness (QED) is 0.622. The predicted octanol–water partition coefficient (Wildman–Crippen LogP) is 1.23. The highest BCUT2D eigenvalue weighted by Gasteiger charge is 2.23. The summed E-state index contributed by atoms with van der Waals surface area (Å²) in [6.45, 7) is 2.21. The highest BCUT2D eigenvalue weighted by molar-refractivity contribution is 5.59. The third kappa shape index (κ3) is 1.07. The van der Waals surface area contributed by atoms with Crippen LogP contribution in [0.5, 0.6) is 23.0 Å². The molecule has 0 spiro atoms. The molecule has 0 N–H and O–H groups in total. The molecule has 2 aliphatic heterocycles. The van der Waals surface area contributed by atoms with Crippen LogP contribution >= 0.6 is 0 Å². The summed E-state index contributed by atoms with van der Waals surface area (Å²) in [5.41, 5.74) is 0. The van der Waals surface area contributed by atoms with Crippen molar-refractivity contribution in [3.63, 3.8) is 0 Å². The van der Waals surface area contributed by atoms with Crippen molar-refractivity contribution >= 4 is 0 Å². The van der Waals surface area contributed by atoms with Gasteiger partial charge >= 0.3 is 0 Å². The molecule has 2 bridgehead atoms. The third-order valence-electron chi connectivity index (χ3n) is 2.21. The SMILES string of the molecule is c1cc2c3c(c1OCCO2)OCCO3. The van der Waals surface area contributed by atoms with E-state index in [9.17, 15) is 0 Å². The van der Waals surface area contributed by atoms with Crippen LogP contribution in [-0.4, -0.2) is 26.4 Å². The van der Waals surface area contributed by atoms with Crippen molar-refractivity contribution in [2.45, 2.75) is 0 Å². The van der Waals surface area contributed by atoms with Crippen molar-refractivity contribution in [1.82, 2.24) is 0 Å². The van der Waals surface area contributed by atoms with E-state index < -0.39 is 0 Å². The first-order chi connectivity index (χ1) is 6.95. The molecule has 4 nitrogen and oxygen atoms in total. The first kappa shape index (κ1) is 7.79. The first-order valence-electron chi connectivity index (χ1n) is 4.63. The van der Waals surface area contributed by atoms with Gasteiger partial charge in [0, 0.05) is 0 Å². The summed E-state index contributed by atoms with van der Waals surface area (Å²) in [5.74, 6) is 2.83. The van der Waals surface area contributed by atoms with Crippen molar-refractivity contribution in [2.24, 2.45) is 0 Å². The fourth-order valence-electron chi connectivity index (χ4n) is 1.62. The maximum absolute atomic E-state index is 5.49. The fraction of sp³-hybridized carbons (Fsp3) is 0.400. The first-order valence-corrected chi connectivity index (χ1v) is 4.63. The van der Waals surface area contributed by atoms with Gasteiger partial charge in [0.25, 0.3) is 0 Å². The second-order valence-corrected chi connectivity index (χ2v) is 3.11. The van der Waals surface area contributed by atoms with Gasteiger partial charge in [0.2, 0.25) is 11.5 Å². The molecule has 3 rings (SSSR count). The molecule has 1 aromatic rings. The third-order valence-corrected chi connectivity index (χ3v) is 2.21. The standard InChI is InChI=1S/C10H10O4/c1-2-8-10-9(13-5-6-14-10)7(1)11-3-4-12-8/h1-2H,3-6H2. The van der Waals surface area contributed by atoms with Crippen LogP contribution in [0.3, 0.4) is 0 Å². The Balaban J connectivity index is 2.17. The van der Waals surface area contributed by atoms with E-state index in [1.54, 1.807) is 0 Å². The summed E-state index contributed by atoms with van der Waals surface area (Å²) in [7, 11) is 0. The Morgan fingerprint density at radius 1 is 0.643 bits per heavy atom. The largest absolute Gasteiger partial charge is 0.486 e. The van der Waals surface area contributed by atoms with Crippen molar-refractivity contribution < 1.29 is 18.9 Å². The molecular formula is C10H10O4. The minimum absolute atomic E-state index is 0.545.